The molecule has 2 aromatic rings. The number of nitrogens with one attached hydrogen (secondary N) is 1. The number of imidazole rings is 1. The Kier molecular flexibility index (Phi) is 4.59. The summed E-state index contributed by atoms with van der Waals surface area (Å²) in [6, 6.07) is 9.02. The highest BCUT2D eigenvalue weighted by Gasteiger charge is 2.22. The van der Waals surface area contributed by atoms with Crippen LogP contribution in [0.4, 0.5) is 0 Å². The number of rotatable bonds is 5. The second-order valence-electron chi connectivity index (χ2n) is 6.37. The molecule has 1 aromatic carbocycles. The van der Waals surface area contributed by atoms with Crippen LogP contribution in [0.3, 0.4) is 0 Å². The molecule has 1 aliphatic carbocycles. The van der Waals surface area contributed by atoms with Crippen LogP contribution >= 0.6 is 0 Å². The van der Waals surface area contributed by atoms with E-state index in [-0.39, 0.29) is 0 Å². The minimum absolute atomic E-state index is 0.644. The molecule has 1 fully saturated rings. The first kappa shape index (κ1) is 14.6. The molecule has 21 heavy (non-hydrogen) atoms. The smallest absolute Gasteiger partial charge is 0.123 e. The van der Waals surface area contributed by atoms with Gasteiger partial charge in [0, 0.05) is 13.1 Å². The molecule has 1 atom stereocenters. The van der Waals surface area contributed by atoms with Crippen LogP contribution in [0.1, 0.15) is 51.3 Å². The lowest BCUT2D eigenvalue weighted by molar-refractivity contribution is 0.260. The van der Waals surface area contributed by atoms with Gasteiger partial charge in [-0.05, 0) is 37.3 Å². The third-order valence-corrected chi connectivity index (χ3v) is 5.06. The quantitative estimate of drug-likeness (QED) is 0.899. The van der Waals surface area contributed by atoms with Gasteiger partial charge >= 0.3 is 0 Å². The van der Waals surface area contributed by atoms with Crippen molar-refractivity contribution in [1.29, 1.82) is 0 Å². The van der Waals surface area contributed by atoms with Crippen LogP contribution in [0.15, 0.2) is 24.3 Å². The van der Waals surface area contributed by atoms with Crippen molar-refractivity contribution >= 4 is 11.0 Å². The van der Waals surface area contributed by atoms with Gasteiger partial charge in [-0.25, -0.2) is 4.98 Å². The minimum atomic E-state index is 0.644. The van der Waals surface area contributed by atoms with Gasteiger partial charge in [0.25, 0.3) is 0 Å². The SMILES string of the molecule is CCC(NCc1nc2ccccc2n1C)C1CCCCC1. The Balaban J connectivity index is 1.68. The number of hydrogen-bond acceptors (Lipinski definition) is 2. The van der Waals surface area contributed by atoms with Crippen molar-refractivity contribution in [3.05, 3.63) is 30.1 Å². The van der Waals surface area contributed by atoms with Crippen molar-refractivity contribution in [3.8, 4) is 0 Å². The molecule has 114 valence electrons. The van der Waals surface area contributed by atoms with E-state index >= 15 is 0 Å². The molecule has 1 heterocycles. The Morgan fingerprint density at radius 1 is 1.24 bits per heavy atom. The molecule has 3 nitrogen and oxygen atoms in total. The molecular weight excluding hydrogens is 258 g/mol. The van der Waals surface area contributed by atoms with E-state index in [0.29, 0.717) is 6.04 Å². The number of para-hydroxylation sites is 2. The topological polar surface area (TPSA) is 29.9 Å². The molecule has 1 N–H and O–H groups in total. The summed E-state index contributed by atoms with van der Waals surface area (Å²) in [6.07, 6.45) is 8.26. The molecule has 1 aromatic heterocycles. The molecule has 3 heteroatoms. The highest BCUT2D eigenvalue weighted by atomic mass is 15.1. The molecule has 1 unspecified atom stereocenters. The zero-order chi connectivity index (χ0) is 14.7. The monoisotopic (exact) mass is 285 g/mol. The van der Waals surface area contributed by atoms with Crippen LogP contribution in [-0.2, 0) is 13.6 Å². The Morgan fingerprint density at radius 2 is 2.00 bits per heavy atom. The number of aromatic nitrogens is 2. The minimum Gasteiger partial charge on any atom is -0.330 e. The predicted octanol–water partition coefficient (Wildman–Crippen LogP) is 4.02. The van der Waals surface area contributed by atoms with E-state index in [4.69, 9.17) is 4.98 Å². The van der Waals surface area contributed by atoms with Crippen LogP contribution in [-0.4, -0.2) is 15.6 Å². The predicted molar refractivity (Wildman–Crippen MR) is 88.2 cm³/mol. The Morgan fingerprint density at radius 3 is 2.71 bits per heavy atom. The van der Waals surface area contributed by atoms with Gasteiger partial charge in [-0.15, -0.1) is 0 Å². The van der Waals surface area contributed by atoms with Gasteiger partial charge in [0.15, 0.2) is 0 Å². The van der Waals surface area contributed by atoms with E-state index in [0.717, 1.165) is 23.8 Å². The second-order valence-corrected chi connectivity index (χ2v) is 6.37. The molecule has 1 saturated carbocycles. The van der Waals surface area contributed by atoms with Gasteiger partial charge in [0.2, 0.25) is 0 Å². The van der Waals surface area contributed by atoms with Gasteiger partial charge < -0.3 is 9.88 Å². The van der Waals surface area contributed by atoms with Crippen molar-refractivity contribution in [2.24, 2.45) is 13.0 Å². The molecule has 3 rings (SSSR count). The van der Waals surface area contributed by atoms with Gasteiger partial charge in [0.05, 0.1) is 17.6 Å². The largest absolute Gasteiger partial charge is 0.330 e. The third kappa shape index (κ3) is 3.13. The van der Waals surface area contributed by atoms with Crippen LogP contribution in [0, 0.1) is 5.92 Å². The number of fused-ring (bicyclic) bond motifs is 1. The number of benzene rings is 1. The first-order valence-electron chi connectivity index (χ1n) is 8.43. The van der Waals surface area contributed by atoms with Crippen LogP contribution < -0.4 is 5.32 Å². The fraction of sp³-hybridized carbons (Fsp3) is 0.611. The average Bonchev–Trinajstić information content (AvgIpc) is 2.86. The normalized spacial score (nSPS) is 18.2. The molecule has 0 bridgehead atoms. The molecule has 0 radical (unpaired) electrons. The van der Waals surface area contributed by atoms with E-state index in [2.05, 4.69) is 48.1 Å². The fourth-order valence-corrected chi connectivity index (χ4v) is 3.76. The fourth-order valence-electron chi connectivity index (χ4n) is 3.76. The van der Waals surface area contributed by atoms with Gasteiger partial charge in [0.1, 0.15) is 5.82 Å². The highest BCUT2D eigenvalue weighted by molar-refractivity contribution is 5.75. The Labute approximate surface area is 127 Å². The van der Waals surface area contributed by atoms with Gasteiger partial charge in [-0.1, -0.05) is 38.3 Å². The van der Waals surface area contributed by atoms with E-state index in [1.807, 2.05) is 0 Å². The zero-order valence-corrected chi connectivity index (χ0v) is 13.3. The van der Waals surface area contributed by atoms with E-state index in [9.17, 15) is 0 Å². The summed E-state index contributed by atoms with van der Waals surface area (Å²) in [4.78, 5) is 4.76. The maximum Gasteiger partial charge on any atom is 0.123 e. The zero-order valence-electron chi connectivity index (χ0n) is 13.3. The average molecular weight is 285 g/mol. The van der Waals surface area contributed by atoms with Gasteiger partial charge in [-0.3, -0.25) is 0 Å². The number of aryl methyl sites for hydroxylation is 1. The van der Waals surface area contributed by atoms with Crippen molar-refractivity contribution in [1.82, 2.24) is 14.9 Å². The van der Waals surface area contributed by atoms with Crippen molar-refractivity contribution < 1.29 is 0 Å². The first-order chi connectivity index (χ1) is 10.3. The number of nitrogens with zero attached hydrogens (tertiary/aromatic N) is 2. The third-order valence-electron chi connectivity index (χ3n) is 5.06. The summed E-state index contributed by atoms with van der Waals surface area (Å²) in [5.41, 5.74) is 2.32. The van der Waals surface area contributed by atoms with E-state index in [1.54, 1.807) is 0 Å². The lowest BCUT2D eigenvalue weighted by Crippen LogP contribution is -2.36. The Hall–Kier alpha value is -1.35. The summed E-state index contributed by atoms with van der Waals surface area (Å²) in [5, 5.41) is 3.77. The molecular formula is C18H27N3. The molecule has 0 aliphatic heterocycles. The lowest BCUT2D eigenvalue weighted by Gasteiger charge is -2.30. The second kappa shape index (κ2) is 6.61. The Bertz CT molecular complexity index is 581. The summed E-state index contributed by atoms with van der Waals surface area (Å²) >= 11 is 0. The summed E-state index contributed by atoms with van der Waals surface area (Å²) in [7, 11) is 2.12. The molecule has 1 aliphatic rings. The summed E-state index contributed by atoms with van der Waals surface area (Å²) in [5.74, 6) is 2.00. The summed E-state index contributed by atoms with van der Waals surface area (Å²) < 4.78 is 2.22. The maximum absolute atomic E-state index is 4.76. The molecule has 0 saturated heterocycles. The van der Waals surface area contributed by atoms with Crippen LogP contribution in [0.2, 0.25) is 0 Å². The van der Waals surface area contributed by atoms with Crippen LogP contribution in [0.25, 0.3) is 11.0 Å². The standard InChI is InChI=1S/C18H27N3/c1-3-15(14-9-5-4-6-10-14)19-13-18-20-16-11-7-8-12-17(16)21(18)2/h7-8,11-12,14-15,19H,3-6,9-10,13H2,1-2H3. The van der Waals surface area contributed by atoms with Crippen molar-refractivity contribution in [2.45, 2.75) is 58.0 Å². The summed E-state index contributed by atoms with van der Waals surface area (Å²) in [6.45, 7) is 3.18. The number of hydrogen-bond donors (Lipinski definition) is 1. The van der Waals surface area contributed by atoms with E-state index in [1.165, 1.54) is 44.0 Å². The molecule has 0 spiro atoms. The highest BCUT2D eigenvalue weighted by Crippen LogP contribution is 2.28. The molecule has 0 amide bonds. The first-order valence-corrected chi connectivity index (χ1v) is 8.43. The van der Waals surface area contributed by atoms with E-state index < -0.39 is 0 Å². The van der Waals surface area contributed by atoms with Gasteiger partial charge in [-0.2, -0.15) is 0 Å². The van der Waals surface area contributed by atoms with Crippen LogP contribution in [0.5, 0.6) is 0 Å². The van der Waals surface area contributed by atoms with Crippen molar-refractivity contribution in [2.75, 3.05) is 0 Å². The maximum atomic E-state index is 4.76. The van der Waals surface area contributed by atoms with Crippen molar-refractivity contribution in [3.63, 3.8) is 0 Å². The lowest BCUT2D eigenvalue weighted by atomic mass is 9.83.